The lowest BCUT2D eigenvalue weighted by atomic mass is 9.95. The average Bonchev–Trinajstić information content (AvgIpc) is 2.26. The number of hydrogen-bond donors (Lipinski definition) is 4. The highest BCUT2D eigenvalue weighted by atomic mass is 35.5. The van der Waals surface area contributed by atoms with Crippen molar-refractivity contribution in [3.63, 3.8) is 0 Å². The summed E-state index contributed by atoms with van der Waals surface area (Å²) in [5.74, 6) is -6.97. The van der Waals surface area contributed by atoms with Crippen LogP contribution in [0.15, 0.2) is 12.1 Å². The van der Waals surface area contributed by atoms with Crippen LogP contribution in [0, 0.1) is 0 Å². The first-order valence-electron chi connectivity index (χ1n) is 4.37. The van der Waals surface area contributed by atoms with Gasteiger partial charge in [-0.3, -0.25) is 0 Å². The monoisotopic (exact) mass is 290 g/mol. The van der Waals surface area contributed by atoms with Gasteiger partial charge in [-0.05, 0) is 12.1 Å². The van der Waals surface area contributed by atoms with Crippen LogP contribution in [0.3, 0.4) is 0 Å². The molecule has 0 fully saturated rings. The number of halogens is 1. The van der Waals surface area contributed by atoms with Gasteiger partial charge < -0.3 is 20.4 Å². The largest absolute Gasteiger partial charge is 0.478 e. The fourth-order valence-corrected chi connectivity index (χ4v) is 1.40. The predicted molar refractivity (Wildman–Crippen MR) is 61.5 cm³/mol. The van der Waals surface area contributed by atoms with Gasteiger partial charge in [0.15, 0.2) is 0 Å². The molecule has 0 bridgehead atoms. The third-order valence-corrected chi connectivity index (χ3v) is 2.09. The van der Waals surface area contributed by atoms with Crippen LogP contribution in [-0.4, -0.2) is 44.3 Å². The summed E-state index contributed by atoms with van der Waals surface area (Å²) in [6, 6.07) is 1.48. The van der Waals surface area contributed by atoms with E-state index in [1.54, 1.807) is 0 Å². The highest BCUT2D eigenvalue weighted by molar-refractivity contribution is 6.13. The molecule has 0 aliphatic heterocycles. The zero-order valence-electron chi connectivity index (χ0n) is 8.98. The summed E-state index contributed by atoms with van der Waals surface area (Å²) >= 11 is 0. The Hall–Kier alpha value is -2.61. The summed E-state index contributed by atoms with van der Waals surface area (Å²) in [4.78, 5) is 43.4. The van der Waals surface area contributed by atoms with Crippen LogP contribution in [0.4, 0.5) is 0 Å². The Kier molecular flexibility index (Phi) is 5.02. The minimum absolute atomic E-state index is 0. The van der Waals surface area contributed by atoms with Crippen molar-refractivity contribution in [2.24, 2.45) is 0 Å². The van der Waals surface area contributed by atoms with Crippen LogP contribution in [0.25, 0.3) is 0 Å². The van der Waals surface area contributed by atoms with Crippen LogP contribution < -0.4 is 0 Å². The molecular weight excluding hydrogens is 284 g/mol. The second kappa shape index (κ2) is 5.83. The normalized spacial score (nSPS) is 9.26. The van der Waals surface area contributed by atoms with E-state index in [4.69, 9.17) is 20.4 Å². The summed E-state index contributed by atoms with van der Waals surface area (Å²) in [7, 11) is 0. The van der Waals surface area contributed by atoms with Crippen molar-refractivity contribution in [2.75, 3.05) is 0 Å². The van der Waals surface area contributed by atoms with E-state index < -0.39 is 46.1 Å². The summed E-state index contributed by atoms with van der Waals surface area (Å²) in [6.07, 6.45) is 0. The van der Waals surface area contributed by atoms with Gasteiger partial charge in [-0.1, -0.05) is 0 Å². The maximum atomic E-state index is 10.9. The Bertz CT molecular complexity index is 526. The van der Waals surface area contributed by atoms with E-state index in [0.29, 0.717) is 0 Å². The summed E-state index contributed by atoms with van der Waals surface area (Å²) in [5, 5.41) is 35.2. The zero-order valence-corrected chi connectivity index (χ0v) is 9.80. The molecule has 0 aliphatic rings. The summed E-state index contributed by atoms with van der Waals surface area (Å²) < 4.78 is 0. The zero-order chi connectivity index (χ0) is 14.0. The third kappa shape index (κ3) is 2.99. The Morgan fingerprint density at radius 1 is 0.632 bits per heavy atom. The Balaban J connectivity index is 0.00000324. The van der Waals surface area contributed by atoms with Crippen LogP contribution >= 0.6 is 12.4 Å². The second-order valence-corrected chi connectivity index (χ2v) is 3.13. The van der Waals surface area contributed by atoms with E-state index in [-0.39, 0.29) is 12.4 Å². The number of benzene rings is 1. The van der Waals surface area contributed by atoms with E-state index in [0.717, 1.165) is 12.1 Å². The van der Waals surface area contributed by atoms with Crippen molar-refractivity contribution in [3.8, 4) is 0 Å². The van der Waals surface area contributed by atoms with E-state index in [2.05, 4.69) is 0 Å². The van der Waals surface area contributed by atoms with Crippen molar-refractivity contribution < 1.29 is 39.6 Å². The molecule has 9 heteroatoms. The predicted octanol–water partition coefficient (Wildman–Crippen LogP) is 0.901. The van der Waals surface area contributed by atoms with Gasteiger partial charge in [-0.2, -0.15) is 0 Å². The van der Waals surface area contributed by atoms with Gasteiger partial charge in [0, 0.05) is 0 Å². The van der Waals surface area contributed by atoms with Gasteiger partial charge >= 0.3 is 23.9 Å². The van der Waals surface area contributed by atoms with Crippen LogP contribution in [0.2, 0.25) is 0 Å². The lowest BCUT2D eigenvalue weighted by Gasteiger charge is -2.08. The van der Waals surface area contributed by atoms with Crippen molar-refractivity contribution in [1.82, 2.24) is 0 Å². The van der Waals surface area contributed by atoms with Gasteiger partial charge in [0.1, 0.15) is 0 Å². The first kappa shape index (κ1) is 16.4. The van der Waals surface area contributed by atoms with Gasteiger partial charge in [-0.15, -0.1) is 12.4 Å². The molecule has 4 N–H and O–H groups in total. The standard InChI is InChI=1S/C10H6O8.ClH/c11-7(12)3-1-2-4(8(13)14)6(10(17)18)5(3)9(15)16;/h1-2H,(H,11,12)(H,13,14)(H,15,16)(H,17,18);1H. The summed E-state index contributed by atoms with van der Waals surface area (Å²) in [5.41, 5.74) is -3.69. The van der Waals surface area contributed by atoms with Gasteiger partial charge in [0.25, 0.3) is 0 Å². The number of carboxylic acid groups (broad SMARTS) is 4. The molecular formula is C10H7ClO8. The van der Waals surface area contributed by atoms with Gasteiger partial charge in [0.05, 0.1) is 22.3 Å². The molecule has 8 nitrogen and oxygen atoms in total. The van der Waals surface area contributed by atoms with Crippen LogP contribution in [0.5, 0.6) is 0 Å². The maximum Gasteiger partial charge on any atom is 0.337 e. The minimum atomic E-state index is -1.83. The van der Waals surface area contributed by atoms with E-state index in [1.807, 2.05) is 0 Å². The molecule has 0 spiro atoms. The molecule has 1 aromatic rings. The quantitative estimate of drug-likeness (QED) is 0.639. The highest BCUT2D eigenvalue weighted by Gasteiger charge is 2.29. The minimum Gasteiger partial charge on any atom is -0.478 e. The fraction of sp³-hybridized carbons (Fsp3) is 0. The van der Waals surface area contributed by atoms with E-state index in [9.17, 15) is 19.2 Å². The lowest BCUT2D eigenvalue weighted by molar-refractivity contribution is 0.0619. The molecule has 0 atom stereocenters. The number of rotatable bonds is 4. The number of hydrogen-bond acceptors (Lipinski definition) is 4. The molecule has 0 heterocycles. The van der Waals surface area contributed by atoms with Gasteiger partial charge in [0.2, 0.25) is 0 Å². The Labute approximate surface area is 111 Å². The Morgan fingerprint density at radius 2 is 0.895 bits per heavy atom. The SMILES string of the molecule is Cl.O=C(O)c1ccc(C(=O)O)c(C(=O)O)c1C(=O)O. The molecule has 0 aliphatic carbocycles. The number of aromatic carboxylic acids is 4. The first-order valence-corrected chi connectivity index (χ1v) is 4.37. The summed E-state index contributed by atoms with van der Waals surface area (Å²) in [6.45, 7) is 0. The fourth-order valence-electron chi connectivity index (χ4n) is 1.40. The van der Waals surface area contributed by atoms with Gasteiger partial charge in [-0.25, -0.2) is 19.2 Å². The number of carboxylic acids is 4. The van der Waals surface area contributed by atoms with E-state index in [1.165, 1.54) is 0 Å². The van der Waals surface area contributed by atoms with Crippen molar-refractivity contribution in [2.45, 2.75) is 0 Å². The molecule has 102 valence electrons. The molecule has 0 saturated carbocycles. The molecule has 0 radical (unpaired) electrons. The molecule has 0 aromatic heterocycles. The first-order chi connectivity index (χ1) is 8.27. The second-order valence-electron chi connectivity index (χ2n) is 3.13. The topological polar surface area (TPSA) is 149 Å². The molecule has 0 amide bonds. The number of carbonyl (C=O) groups is 4. The lowest BCUT2D eigenvalue weighted by Crippen LogP contribution is -2.19. The van der Waals surface area contributed by atoms with Crippen molar-refractivity contribution in [3.05, 3.63) is 34.4 Å². The Morgan fingerprint density at radius 3 is 1.05 bits per heavy atom. The molecule has 0 unspecified atom stereocenters. The smallest absolute Gasteiger partial charge is 0.337 e. The molecule has 1 rings (SSSR count). The van der Waals surface area contributed by atoms with Crippen LogP contribution in [0.1, 0.15) is 41.4 Å². The van der Waals surface area contributed by atoms with E-state index >= 15 is 0 Å². The van der Waals surface area contributed by atoms with Crippen molar-refractivity contribution >= 4 is 36.3 Å². The third-order valence-electron chi connectivity index (χ3n) is 2.09. The highest BCUT2D eigenvalue weighted by Crippen LogP contribution is 2.20. The maximum absolute atomic E-state index is 10.9. The van der Waals surface area contributed by atoms with Crippen molar-refractivity contribution in [1.29, 1.82) is 0 Å². The van der Waals surface area contributed by atoms with Crippen LogP contribution in [-0.2, 0) is 0 Å². The molecule has 19 heavy (non-hydrogen) atoms. The molecule has 0 saturated heterocycles. The molecule has 1 aromatic carbocycles. The average molecular weight is 291 g/mol.